The molecule has 0 aliphatic heterocycles. The van der Waals surface area contributed by atoms with Gasteiger partial charge in [-0.05, 0) is 29.8 Å². The summed E-state index contributed by atoms with van der Waals surface area (Å²) in [5, 5.41) is 22.5. The molecule has 0 heterocycles. The Balaban J connectivity index is 1.80. The van der Waals surface area contributed by atoms with Gasteiger partial charge in [0, 0.05) is 29.5 Å². The van der Waals surface area contributed by atoms with Gasteiger partial charge in [-0.3, -0.25) is 19.9 Å². The SMILES string of the molecule is O=C(c1ccccc1)c1ccc(N=Cc2cc([N+](=O)[O-])ccc2[O-])cc1. The van der Waals surface area contributed by atoms with Gasteiger partial charge in [-0.2, -0.15) is 0 Å². The number of non-ortho nitro benzene ring substituents is 1. The second-order valence-electron chi connectivity index (χ2n) is 5.48. The highest BCUT2D eigenvalue weighted by atomic mass is 16.6. The van der Waals surface area contributed by atoms with E-state index in [1.165, 1.54) is 12.3 Å². The van der Waals surface area contributed by atoms with Gasteiger partial charge < -0.3 is 5.11 Å². The summed E-state index contributed by atoms with van der Waals surface area (Å²) in [6.45, 7) is 0. The van der Waals surface area contributed by atoms with E-state index in [0.717, 1.165) is 12.1 Å². The molecule has 0 amide bonds. The molecule has 3 aromatic rings. The number of hydrogen-bond donors (Lipinski definition) is 0. The summed E-state index contributed by atoms with van der Waals surface area (Å²) in [5.41, 5.74) is 1.60. The number of rotatable bonds is 5. The van der Waals surface area contributed by atoms with E-state index in [0.29, 0.717) is 16.8 Å². The van der Waals surface area contributed by atoms with Crippen LogP contribution in [0.5, 0.6) is 5.75 Å². The fourth-order valence-electron chi connectivity index (χ4n) is 2.35. The molecule has 128 valence electrons. The minimum Gasteiger partial charge on any atom is -0.872 e. The van der Waals surface area contributed by atoms with Gasteiger partial charge in [0.05, 0.1) is 10.6 Å². The predicted molar refractivity (Wildman–Crippen MR) is 96.1 cm³/mol. The molecule has 0 saturated heterocycles. The zero-order valence-corrected chi connectivity index (χ0v) is 13.5. The molecular formula is C20H13N2O4-. The van der Waals surface area contributed by atoms with Crippen LogP contribution in [-0.4, -0.2) is 16.9 Å². The number of carbonyl (C=O) groups excluding carboxylic acids is 1. The third kappa shape index (κ3) is 3.81. The summed E-state index contributed by atoms with van der Waals surface area (Å²) in [7, 11) is 0. The molecule has 6 nitrogen and oxygen atoms in total. The molecule has 0 spiro atoms. The van der Waals surface area contributed by atoms with Crippen LogP contribution in [-0.2, 0) is 0 Å². The van der Waals surface area contributed by atoms with Gasteiger partial charge in [0.15, 0.2) is 5.78 Å². The molecule has 0 atom stereocenters. The average molecular weight is 345 g/mol. The third-order valence-electron chi connectivity index (χ3n) is 3.72. The molecule has 0 aliphatic carbocycles. The van der Waals surface area contributed by atoms with E-state index < -0.39 is 4.92 Å². The Bertz CT molecular complexity index is 980. The fourth-order valence-corrected chi connectivity index (χ4v) is 2.35. The Labute approximate surface area is 149 Å². The van der Waals surface area contributed by atoms with E-state index in [4.69, 9.17) is 0 Å². The highest BCUT2D eigenvalue weighted by Crippen LogP contribution is 2.21. The molecular weight excluding hydrogens is 332 g/mol. The maximum atomic E-state index is 12.3. The molecule has 0 aromatic heterocycles. The number of hydrogen-bond acceptors (Lipinski definition) is 5. The van der Waals surface area contributed by atoms with Crippen molar-refractivity contribution in [3.63, 3.8) is 0 Å². The quantitative estimate of drug-likeness (QED) is 0.305. The number of benzene rings is 3. The van der Waals surface area contributed by atoms with Crippen LogP contribution in [0.4, 0.5) is 11.4 Å². The van der Waals surface area contributed by atoms with Crippen molar-refractivity contribution in [2.75, 3.05) is 0 Å². The van der Waals surface area contributed by atoms with Crippen LogP contribution >= 0.6 is 0 Å². The molecule has 0 bridgehead atoms. The van der Waals surface area contributed by atoms with Crippen LogP contribution in [0, 0.1) is 10.1 Å². The Morgan fingerprint density at radius 2 is 1.58 bits per heavy atom. The number of nitro groups is 1. The van der Waals surface area contributed by atoms with E-state index in [1.807, 2.05) is 6.07 Å². The van der Waals surface area contributed by atoms with Crippen LogP contribution < -0.4 is 5.11 Å². The third-order valence-corrected chi connectivity index (χ3v) is 3.72. The lowest BCUT2D eigenvalue weighted by molar-refractivity contribution is -0.385. The van der Waals surface area contributed by atoms with Gasteiger partial charge in [0.2, 0.25) is 0 Å². The van der Waals surface area contributed by atoms with Gasteiger partial charge in [0.25, 0.3) is 5.69 Å². The second kappa shape index (κ2) is 7.40. The Morgan fingerprint density at radius 1 is 0.923 bits per heavy atom. The molecule has 3 rings (SSSR count). The lowest BCUT2D eigenvalue weighted by Gasteiger charge is -2.08. The zero-order valence-electron chi connectivity index (χ0n) is 13.5. The van der Waals surface area contributed by atoms with Gasteiger partial charge in [-0.15, -0.1) is 0 Å². The lowest BCUT2D eigenvalue weighted by Crippen LogP contribution is -2.00. The topological polar surface area (TPSA) is 95.6 Å². The highest BCUT2D eigenvalue weighted by Gasteiger charge is 2.08. The van der Waals surface area contributed by atoms with Crippen LogP contribution in [0.2, 0.25) is 0 Å². The van der Waals surface area contributed by atoms with Crippen molar-refractivity contribution in [2.24, 2.45) is 4.99 Å². The summed E-state index contributed by atoms with van der Waals surface area (Å²) in [5.74, 6) is -0.447. The standard InChI is InChI=1S/C20H14N2O4/c23-19-11-10-18(22(25)26)12-16(19)13-21-17-8-6-15(7-9-17)20(24)14-4-2-1-3-5-14/h1-13,23H/p-1. The van der Waals surface area contributed by atoms with Crippen molar-refractivity contribution < 1.29 is 14.8 Å². The molecule has 6 heteroatoms. The molecule has 0 aliphatic rings. The van der Waals surface area contributed by atoms with E-state index in [9.17, 15) is 20.0 Å². The van der Waals surface area contributed by atoms with Crippen molar-refractivity contribution in [1.82, 2.24) is 0 Å². The first kappa shape index (κ1) is 17.0. The van der Waals surface area contributed by atoms with Crippen molar-refractivity contribution in [1.29, 1.82) is 0 Å². The normalized spacial score (nSPS) is 10.8. The fraction of sp³-hybridized carbons (Fsp3) is 0. The van der Waals surface area contributed by atoms with Gasteiger partial charge >= 0.3 is 0 Å². The first-order chi connectivity index (χ1) is 12.5. The summed E-state index contributed by atoms with van der Waals surface area (Å²) in [4.78, 5) is 26.7. The molecule has 0 radical (unpaired) electrons. The first-order valence-corrected chi connectivity index (χ1v) is 7.74. The zero-order chi connectivity index (χ0) is 18.5. The van der Waals surface area contributed by atoms with Crippen LogP contribution in [0.1, 0.15) is 21.5 Å². The minimum absolute atomic E-state index is 0.0957. The van der Waals surface area contributed by atoms with Gasteiger partial charge in [-0.25, -0.2) is 0 Å². The molecule has 0 saturated carbocycles. The van der Waals surface area contributed by atoms with Crippen LogP contribution in [0.3, 0.4) is 0 Å². The average Bonchev–Trinajstić information content (AvgIpc) is 2.67. The Hall–Kier alpha value is -3.80. The number of nitro benzene ring substituents is 1. The number of nitrogens with zero attached hydrogens (tertiary/aromatic N) is 2. The first-order valence-electron chi connectivity index (χ1n) is 7.74. The largest absolute Gasteiger partial charge is 0.872 e. The van der Waals surface area contributed by atoms with E-state index >= 15 is 0 Å². The van der Waals surface area contributed by atoms with E-state index in [-0.39, 0.29) is 22.8 Å². The van der Waals surface area contributed by atoms with Crippen molar-refractivity contribution in [2.45, 2.75) is 0 Å². The predicted octanol–water partition coefficient (Wildman–Crippen LogP) is 3.65. The van der Waals surface area contributed by atoms with Crippen LogP contribution in [0.25, 0.3) is 0 Å². The molecule has 0 unspecified atom stereocenters. The summed E-state index contributed by atoms with van der Waals surface area (Å²) in [6.07, 6.45) is 1.28. The second-order valence-corrected chi connectivity index (χ2v) is 5.48. The summed E-state index contributed by atoms with van der Waals surface area (Å²) >= 11 is 0. The Morgan fingerprint density at radius 3 is 2.23 bits per heavy atom. The molecule has 26 heavy (non-hydrogen) atoms. The maximum absolute atomic E-state index is 12.3. The monoisotopic (exact) mass is 345 g/mol. The van der Waals surface area contributed by atoms with E-state index in [1.54, 1.807) is 48.5 Å². The molecule has 0 fully saturated rings. The lowest BCUT2D eigenvalue weighted by atomic mass is 10.0. The minimum atomic E-state index is -0.569. The number of aliphatic imine (C=N–C) groups is 1. The van der Waals surface area contributed by atoms with E-state index in [2.05, 4.69) is 4.99 Å². The van der Waals surface area contributed by atoms with Crippen LogP contribution in [0.15, 0.2) is 77.8 Å². The Kier molecular flexibility index (Phi) is 4.85. The number of carbonyl (C=O) groups is 1. The number of ketones is 1. The van der Waals surface area contributed by atoms with Crippen molar-refractivity contribution in [3.05, 3.63) is 99.6 Å². The molecule has 3 aromatic carbocycles. The maximum Gasteiger partial charge on any atom is 0.270 e. The van der Waals surface area contributed by atoms with Gasteiger partial charge in [0.1, 0.15) is 0 Å². The molecule has 0 N–H and O–H groups in total. The summed E-state index contributed by atoms with van der Waals surface area (Å²) < 4.78 is 0. The highest BCUT2D eigenvalue weighted by molar-refractivity contribution is 6.09. The smallest absolute Gasteiger partial charge is 0.270 e. The summed E-state index contributed by atoms with van der Waals surface area (Å²) in [6, 6.07) is 19.0. The van der Waals surface area contributed by atoms with Gasteiger partial charge in [-0.1, -0.05) is 42.1 Å². The van der Waals surface area contributed by atoms with Crippen molar-refractivity contribution in [3.8, 4) is 5.75 Å². The van der Waals surface area contributed by atoms with Crippen molar-refractivity contribution >= 4 is 23.4 Å².